The van der Waals surface area contributed by atoms with Gasteiger partial charge in [0.2, 0.25) is 0 Å². The van der Waals surface area contributed by atoms with Gasteiger partial charge in [0, 0.05) is 25.6 Å². The highest BCUT2D eigenvalue weighted by atomic mass is 16.5. The minimum Gasteiger partial charge on any atom is -0.382 e. The van der Waals surface area contributed by atoms with Crippen LogP contribution in [0.5, 0.6) is 0 Å². The van der Waals surface area contributed by atoms with Crippen molar-refractivity contribution in [2.75, 3.05) is 7.11 Å². The maximum absolute atomic E-state index is 5.56. The lowest BCUT2D eigenvalue weighted by molar-refractivity contribution is 0.0999. The minimum absolute atomic E-state index is 0.145. The van der Waals surface area contributed by atoms with E-state index in [9.17, 15) is 0 Å². The molecule has 1 aromatic rings. The van der Waals surface area contributed by atoms with Crippen molar-refractivity contribution in [2.24, 2.45) is 5.84 Å². The molecule has 3 N–H and O–H groups in total. The summed E-state index contributed by atoms with van der Waals surface area (Å²) in [6, 6.07) is 0.456. The Hall–Kier alpha value is -0.980. The van der Waals surface area contributed by atoms with Gasteiger partial charge in [-0.2, -0.15) is 5.10 Å². The van der Waals surface area contributed by atoms with Crippen LogP contribution in [0.1, 0.15) is 39.1 Å². The minimum atomic E-state index is 0.145. The molecule has 98 valence electrons. The summed E-state index contributed by atoms with van der Waals surface area (Å²) in [4.78, 5) is 4.27. The van der Waals surface area contributed by atoms with E-state index in [-0.39, 0.29) is 12.1 Å². The highest BCUT2D eigenvalue weighted by Crippen LogP contribution is 2.10. The van der Waals surface area contributed by atoms with Crippen LogP contribution in [0.3, 0.4) is 0 Å². The number of hydrazine groups is 1. The van der Waals surface area contributed by atoms with Gasteiger partial charge in [0.15, 0.2) is 0 Å². The van der Waals surface area contributed by atoms with E-state index in [1.54, 1.807) is 13.4 Å². The van der Waals surface area contributed by atoms with Crippen molar-refractivity contribution < 1.29 is 4.74 Å². The molecule has 0 radical (unpaired) electrons. The summed E-state index contributed by atoms with van der Waals surface area (Å²) in [6.07, 6.45) is 3.36. The summed E-state index contributed by atoms with van der Waals surface area (Å²) in [7, 11) is 1.70. The van der Waals surface area contributed by atoms with E-state index < -0.39 is 0 Å². The largest absolute Gasteiger partial charge is 0.382 e. The zero-order chi connectivity index (χ0) is 12.8. The Morgan fingerprint density at radius 3 is 2.71 bits per heavy atom. The average molecular weight is 241 g/mol. The summed E-state index contributed by atoms with van der Waals surface area (Å²) < 4.78 is 7.16. The van der Waals surface area contributed by atoms with Crippen molar-refractivity contribution in [3.05, 3.63) is 12.2 Å². The Morgan fingerprint density at radius 1 is 1.47 bits per heavy atom. The first-order valence-corrected chi connectivity index (χ1v) is 5.95. The van der Waals surface area contributed by atoms with Crippen LogP contribution >= 0.6 is 0 Å². The number of nitrogens with two attached hydrogens (primary N) is 1. The molecule has 0 aliphatic heterocycles. The fraction of sp³-hybridized carbons (Fsp3) is 0.818. The molecule has 1 rings (SSSR count). The summed E-state index contributed by atoms with van der Waals surface area (Å²) in [6.45, 7) is 6.19. The topological polar surface area (TPSA) is 78.0 Å². The van der Waals surface area contributed by atoms with Crippen molar-refractivity contribution in [3.8, 4) is 0 Å². The average Bonchev–Trinajstić information content (AvgIpc) is 2.76. The lowest BCUT2D eigenvalue weighted by atomic mass is 10.1. The first-order chi connectivity index (χ1) is 8.08. The predicted octanol–water partition coefficient (Wildman–Crippen LogP) is 0.658. The molecular formula is C11H23N5O. The zero-order valence-electron chi connectivity index (χ0n) is 11.1. The smallest absolute Gasteiger partial charge is 0.138 e. The number of nitrogens with zero attached hydrogens (tertiary/aromatic N) is 3. The molecule has 6 nitrogen and oxygen atoms in total. The highest BCUT2D eigenvalue weighted by molar-refractivity contribution is 4.91. The van der Waals surface area contributed by atoms with Gasteiger partial charge >= 0.3 is 0 Å². The standard InChI is InChI=1S/C11H23N5O/c1-8(2)16-11(13-7-14-16)6-10(15-12)5-9(3)17-4/h7-10,15H,5-6,12H2,1-4H3. The molecule has 0 bridgehead atoms. The first kappa shape index (κ1) is 14.1. The lowest BCUT2D eigenvalue weighted by Gasteiger charge is -2.19. The molecule has 0 fully saturated rings. The molecule has 0 spiro atoms. The lowest BCUT2D eigenvalue weighted by Crippen LogP contribution is -2.39. The van der Waals surface area contributed by atoms with Gasteiger partial charge in [-0.3, -0.25) is 11.3 Å². The summed E-state index contributed by atoms with van der Waals surface area (Å²) >= 11 is 0. The van der Waals surface area contributed by atoms with Gasteiger partial charge < -0.3 is 4.74 Å². The van der Waals surface area contributed by atoms with E-state index in [4.69, 9.17) is 10.6 Å². The number of ether oxygens (including phenoxy) is 1. The SMILES string of the molecule is COC(C)CC(Cc1ncnn1C(C)C)NN. The third kappa shape index (κ3) is 4.07. The zero-order valence-corrected chi connectivity index (χ0v) is 11.1. The summed E-state index contributed by atoms with van der Waals surface area (Å²) in [5.41, 5.74) is 2.81. The van der Waals surface area contributed by atoms with E-state index >= 15 is 0 Å². The number of hydrogen-bond acceptors (Lipinski definition) is 5. The summed E-state index contributed by atoms with van der Waals surface area (Å²) in [5.74, 6) is 6.51. The maximum Gasteiger partial charge on any atom is 0.138 e. The molecular weight excluding hydrogens is 218 g/mol. The van der Waals surface area contributed by atoms with E-state index in [0.717, 1.165) is 18.7 Å². The number of hydrogen-bond donors (Lipinski definition) is 2. The third-order valence-electron chi connectivity index (χ3n) is 2.82. The van der Waals surface area contributed by atoms with Gasteiger partial charge in [-0.1, -0.05) is 0 Å². The number of methoxy groups -OCH3 is 1. The van der Waals surface area contributed by atoms with Crippen LogP contribution in [0.15, 0.2) is 6.33 Å². The molecule has 1 aromatic heterocycles. The molecule has 17 heavy (non-hydrogen) atoms. The Balaban J connectivity index is 2.64. The number of rotatable bonds is 7. The second-order valence-corrected chi connectivity index (χ2v) is 4.56. The van der Waals surface area contributed by atoms with Crippen LogP contribution in [0.25, 0.3) is 0 Å². The first-order valence-electron chi connectivity index (χ1n) is 5.95. The van der Waals surface area contributed by atoms with Gasteiger partial charge in [0.05, 0.1) is 6.10 Å². The van der Waals surface area contributed by atoms with Crippen LogP contribution in [-0.4, -0.2) is 34.0 Å². The monoisotopic (exact) mass is 241 g/mol. The second kappa shape index (κ2) is 6.68. The van der Waals surface area contributed by atoms with E-state index in [1.165, 1.54) is 0 Å². The predicted molar refractivity (Wildman–Crippen MR) is 66.3 cm³/mol. The molecule has 0 aromatic carbocycles. The van der Waals surface area contributed by atoms with Crippen LogP contribution in [0, 0.1) is 0 Å². The van der Waals surface area contributed by atoms with Crippen LogP contribution in [-0.2, 0) is 11.2 Å². The van der Waals surface area contributed by atoms with E-state index in [2.05, 4.69) is 29.4 Å². The normalized spacial score (nSPS) is 15.2. The second-order valence-electron chi connectivity index (χ2n) is 4.56. The molecule has 6 heteroatoms. The fourth-order valence-electron chi connectivity index (χ4n) is 1.78. The van der Waals surface area contributed by atoms with Crippen molar-refractivity contribution in [2.45, 2.75) is 51.8 Å². The Bertz CT molecular complexity index is 325. The Labute approximate surface area is 103 Å². The molecule has 0 saturated carbocycles. The van der Waals surface area contributed by atoms with Crippen molar-refractivity contribution in [1.82, 2.24) is 20.2 Å². The van der Waals surface area contributed by atoms with Gasteiger partial charge in [0.1, 0.15) is 12.2 Å². The van der Waals surface area contributed by atoms with Crippen LogP contribution in [0.2, 0.25) is 0 Å². The van der Waals surface area contributed by atoms with Crippen molar-refractivity contribution in [1.29, 1.82) is 0 Å². The van der Waals surface area contributed by atoms with Gasteiger partial charge in [0.25, 0.3) is 0 Å². The highest BCUT2D eigenvalue weighted by Gasteiger charge is 2.16. The van der Waals surface area contributed by atoms with Crippen LogP contribution in [0.4, 0.5) is 0 Å². The van der Waals surface area contributed by atoms with Gasteiger partial charge in [-0.25, -0.2) is 9.67 Å². The van der Waals surface area contributed by atoms with E-state index in [1.807, 2.05) is 11.6 Å². The summed E-state index contributed by atoms with van der Waals surface area (Å²) in [5, 5.41) is 4.21. The van der Waals surface area contributed by atoms with Crippen LogP contribution < -0.4 is 11.3 Å². The molecule has 0 amide bonds. The van der Waals surface area contributed by atoms with Gasteiger partial charge in [-0.15, -0.1) is 0 Å². The fourth-order valence-corrected chi connectivity index (χ4v) is 1.78. The molecule has 0 aliphatic rings. The molecule has 0 saturated heterocycles. The Kier molecular flexibility index (Phi) is 5.54. The molecule has 1 heterocycles. The molecule has 0 aliphatic carbocycles. The van der Waals surface area contributed by atoms with Crippen molar-refractivity contribution in [3.63, 3.8) is 0 Å². The van der Waals surface area contributed by atoms with E-state index in [0.29, 0.717) is 6.04 Å². The van der Waals surface area contributed by atoms with Crippen molar-refractivity contribution >= 4 is 0 Å². The molecule has 2 unspecified atom stereocenters. The third-order valence-corrected chi connectivity index (χ3v) is 2.82. The van der Waals surface area contributed by atoms with Gasteiger partial charge in [-0.05, 0) is 27.2 Å². The number of aromatic nitrogens is 3. The Morgan fingerprint density at radius 2 is 2.18 bits per heavy atom. The maximum atomic E-state index is 5.56. The quantitative estimate of drug-likeness (QED) is 0.541. The number of nitrogens with one attached hydrogen (secondary N) is 1. The molecule has 2 atom stereocenters.